The lowest BCUT2D eigenvalue weighted by Crippen LogP contribution is -2.42. The van der Waals surface area contributed by atoms with Gasteiger partial charge in [-0.1, -0.05) is 26.7 Å². The number of piperidine rings is 1. The van der Waals surface area contributed by atoms with E-state index in [0.717, 1.165) is 39.0 Å². The molecule has 0 radical (unpaired) electrons. The molecule has 134 valence electrons. The van der Waals surface area contributed by atoms with Crippen LogP contribution in [0, 0.1) is 5.92 Å². The number of hydrogen-bond donors (Lipinski definition) is 0. The number of carbonyl (C=O) groups excluding carboxylic acids is 1. The van der Waals surface area contributed by atoms with E-state index >= 15 is 0 Å². The van der Waals surface area contributed by atoms with Gasteiger partial charge in [-0.05, 0) is 38.8 Å². The van der Waals surface area contributed by atoms with Crippen LogP contribution < -0.4 is 0 Å². The highest BCUT2D eigenvalue weighted by molar-refractivity contribution is 5.79. The second-order valence-corrected chi connectivity index (χ2v) is 7.48. The van der Waals surface area contributed by atoms with Crippen LogP contribution in [-0.4, -0.2) is 52.1 Å². The molecule has 6 heteroatoms. The molecule has 1 aromatic heterocycles. The first-order valence-corrected chi connectivity index (χ1v) is 9.47. The molecule has 0 aromatic carbocycles. The van der Waals surface area contributed by atoms with Gasteiger partial charge in [-0.2, -0.15) is 0 Å². The third-order valence-electron chi connectivity index (χ3n) is 5.19. The standard InChI is InChI=1S/C18H30N4O2/c1-14(2)17-20-19-16(24-17)13-21-11-7-15(8-12-21)18(23)22-9-5-3-4-6-10-22/h14-15H,3-13H2,1-2H3. The van der Waals surface area contributed by atoms with E-state index in [9.17, 15) is 4.79 Å². The van der Waals surface area contributed by atoms with E-state index in [1.54, 1.807) is 0 Å². The SMILES string of the molecule is CC(C)c1nnc(CN2CCC(C(=O)N3CCCCCC3)CC2)o1. The molecule has 6 nitrogen and oxygen atoms in total. The third-order valence-corrected chi connectivity index (χ3v) is 5.19. The molecule has 2 saturated heterocycles. The largest absolute Gasteiger partial charge is 0.424 e. The molecule has 0 saturated carbocycles. The molecular weight excluding hydrogens is 304 g/mol. The Kier molecular flexibility index (Phi) is 5.87. The van der Waals surface area contributed by atoms with Crippen LogP contribution in [-0.2, 0) is 11.3 Å². The van der Waals surface area contributed by atoms with Crippen LogP contribution in [0.4, 0.5) is 0 Å². The fourth-order valence-corrected chi connectivity index (χ4v) is 3.64. The summed E-state index contributed by atoms with van der Waals surface area (Å²) in [5.74, 6) is 2.25. The van der Waals surface area contributed by atoms with Crippen molar-refractivity contribution in [1.82, 2.24) is 20.0 Å². The van der Waals surface area contributed by atoms with Gasteiger partial charge in [0.15, 0.2) is 0 Å². The summed E-state index contributed by atoms with van der Waals surface area (Å²) in [6, 6.07) is 0. The molecule has 0 atom stereocenters. The highest BCUT2D eigenvalue weighted by Gasteiger charge is 2.29. The lowest BCUT2D eigenvalue weighted by atomic mass is 9.95. The van der Waals surface area contributed by atoms with Crippen molar-refractivity contribution in [3.63, 3.8) is 0 Å². The molecular formula is C18H30N4O2. The summed E-state index contributed by atoms with van der Waals surface area (Å²) in [6.07, 6.45) is 6.76. The lowest BCUT2D eigenvalue weighted by Gasteiger charge is -2.33. The highest BCUT2D eigenvalue weighted by atomic mass is 16.4. The van der Waals surface area contributed by atoms with Crippen molar-refractivity contribution in [1.29, 1.82) is 0 Å². The van der Waals surface area contributed by atoms with Crippen molar-refractivity contribution in [3.8, 4) is 0 Å². The summed E-state index contributed by atoms with van der Waals surface area (Å²) in [7, 11) is 0. The van der Waals surface area contributed by atoms with Crippen LogP contribution >= 0.6 is 0 Å². The Labute approximate surface area is 144 Å². The number of aromatic nitrogens is 2. The average Bonchev–Trinajstić information content (AvgIpc) is 2.89. The van der Waals surface area contributed by atoms with E-state index in [2.05, 4.69) is 33.8 Å². The maximum Gasteiger partial charge on any atom is 0.230 e. The van der Waals surface area contributed by atoms with Crippen molar-refractivity contribution >= 4 is 5.91 Å². The van der Waals surface area contributed by atoms with Crippen LogP contribution in [0.15, 0.2) is 4.42 Å². The molecule has 0 unspecified atom stereocenters. The minimum absolute atomic E-state index is 0.202. The minimum Gasteiger partial charge on any atom is -0.424 e. The zero-order valence-corrected chi connectivity index (χ0v) is 15.0. The first kappa shape index (κ1) is 17.4. The first-order chi connectivity index (χ1) is 11.6. The van der Waals surface area contributed by atoms with Gasteiger partial charge in [0.05, 0.1) is 6.54 Å². The van der Waals surface area contributed by atoms with Gasteiger partial charge in [0.25, 0.3) is 0 Å². The summed E-state index contributed by atoms with van der Waals surface area (Å²) in [4.78, 5) is 17.2. The van der Waals surface area contributed by atoms with Gasteiger partial charge >= 0.3 is 0 Å². The first-order valence-electron chi connectivity index (χ1n) is 9.47. The highest BCUT2D eigenvalue weighted by Crippen LogP contribution is 2.23. The number of nitrogens with zero attached hydrogens (tertiary/aromatic N) is 4. The molecule has 2 aliphatic rings. The third kappa shape index (κ3) is 4.35. The fourth-order valence-electron chi connectivity index (χ4n) is 3.64. The molecule has 3 rings (SSSR count). The number of rotatable bonds is 4. The Morgan fingerprint density at radius 3 is 2.33 bits per heavy atom. The van der Waals surface area contributed by atoms with Crippen LogP contribution in [0.3, 0.4) is 0 Å². The molecule has 0 spiro atoms. The number of hydrogen-bond acceptors (Lipinski definition) is 5. The van der Waals surface area contributed by atoms with Gasteiger partial charge in [-0.15, -0.1) is 10.2 Å². The Morgan fingerprint density at radius 2 is 1.75 bits per heavy atom. The molecule has 0 aliphatic carbocycles. The summed E-state index contributed by atoms with van der Waals surface area (Å²) < 4.78 is 5.69. The lowest BCUT2D eigenvalue weighted by molar-refractivity contribution is -0.137. The number of carbonyl (C=O) groups is 1. The Morgan fingerprint density at radius 1 is 1.08 bits per heavy atom. The zero-order valence-electron chi connectivity index (χ0n) is 15.0. The monoisotopic (exact) mass is 334 g/mol. The topological polar surface area (TPSA) is 62.5 Å². The molecule has 24 heavy (non-hydrogen) atoms. The normalized spacial score (nSPS) is 21.2. The van der Waals surface area contributed by atoms with Gasteiger partial charge in [0.2, 0.25) is 17.7 Å². The van der Waals surface area contributed by atoms with Gasteiger partial charge in [-0.25, -0.2) is 0 Å². The van der Waals surface area contributed by atoms with E-state index in [1.165, 1.54) is 25.7 Å². The summed E-state index contributed by atoms with van der Waals surface area (Å²) in [6.45, 7) is 8.59. The molecule has 0 N–H and O–H groups in total. The second kappa shape index (κ2) is 8.10. The molecule has 3 heterocycles. The van der Waals surface area contributed by atoms with Crippen molar-refractivity contribution in [2.75, 3.05) is 26.2 Å². The predicted molar refractivity (Wildman–Crippen MR) is 91.4 cm³/mol. The Balaban J connectivity index is 1.47. The van der Waals surface area contributed by atoms with Crippen molar-refractivity contribution in [3.05, 3.63) is 11.8 Å². The van der Waals surface area contributed by atoms with Crippen molar-refractivity contribution in [2.45, 2.75) is 64.8 Å². The van der Waals surface area contributed by atoms with E-state index < -0.39 is 0 Å². The summed E-state index contributed by atoms with van der Waals surface area (Å²) in [5, 5.41) is 8.23. The Hall–Kier alpha value is -1.43. The molecule has 2 fully saturated rings. The zero-order chi connectivity index (χ0) is 16.9. The average molecular weight is 334 g/mol. The Bertz CT molecular complexity index is 527. The van der Waals surface area contributed by atoms with E-state index in [1.807, 2.05) is 0 Å². The maximum atomic E-state index is 12.7. The minimum atomic E-state index is 0.202. The van der Waals surface area contributed by atoms with Crippen molar-refractivity contribution < 1.29 is 9.21 Å². The van der Waals surface area contributed by atoms with Gasteiger partial charge in [-0.3, -0.25) is 9.69 Å². The maximum absolute atomic E-state index is 12.7. The van der Waals surface area contributed by atoms with Crippen molar-refractivity contribution in [2.24, 2.45) is 5.92 Å². The van der Waals surface area contributed by atoms with Crippen LogP contribution in [0.5, 0.6) is 0 Å². The predicted octanol–water partition coefficient (Wildman–Crippen LogP) is 2.81. The van der Waals surface area contributed by atoms with Gasteiger partial charge in [0.1, 0.15) is 0 Å². The number of amides is 1. The fraction of sp³-hybridized carbons (Fsp3) is 0.833. The molecule has 2 aliphatic heterocycles. The van der Waals surface area contributed by atoms with Crippen LogP contribution in [0.2, 0.25) is 0 Å². The second-order valence-electron chi connectivity index (χ2n) is 7.48. The van der Waals surface area contributed by atoms with Crippen LogP contribution in [0.1, 0.15) is 70.1 Å². The quantitative estimate of drug-likeness (QED) is 0.847. The van der Waals surface area contributed by atoms with Gasteiger partial charge < -0.3 is 9.32 Å². The van der Waals surface area contributed by atoms with Gasteiger partial charge in [0, 0.05) is 24.9 Å². The smallest absolute Gasteiger partial charge is 0.230 e. The molecule has 1 amide bonds. The molecule has 0 bridgehead atoms. The summed E-state index contributed by atoms with van der Waals surface area (Å²) in [5.41, 5.74) is 0. The van der Waals surface area contributed by atoms with E-state index in [0.29, 0.717) is 24.2 Å². The van der Waals surface area contributed by atoms with E-state index in [4.69, 9.17) is 4.42 Å². The number of likely N-dealkylation sites (tertiary alicyclic amines) is 2. The summed E-state index contributed by atoms with van der Waals surface area (Å²) >= 11 is 0. The molecule has 1 aromatic rings. The van der Waals surface area contributed by atoms with E-state index in [-0.39, 0.29) is 11.8 Å². The van der Waals surface area contributed by atoms with Crippen LogP contribution in [0.25, 0.3) is 0 Å².